The molecule has 0 bridgehead atoms. The molecule has 178 valence electrons. The van der Waals surface area contributed by atoms with Crippen molar-refractivity contribution in [1.29, 1.82) is 0 Å². The lowest BCUT2D eigenvalue weighted by Crippen LogP contribution is -2.27. The van der Waals surface area contributed by atoms with E-state index in [1.54, 1.807) is 60.7 Å². The molecule has 36 heavy (non-hydrogen) atoms. The largest absolute Gasteiger partial charge is 0.422 e. The molecule has 0 unspecified atom stereocenters. The Bertz CT molecular complexity index is 1540. The number of rotatable bonds is 5. The maximum atomic E-state index is 13.1. The number of halogens is 2. The molecule has 1 aliphatic rings. The Labute approximate surface area is 221 Å². The van der Waals surface area contributed by atoms with Crippen molar-refractivity contribution < 1.29 is 19.1 Å². The highest BCUT2D eigenvalue weighted by atomic mass is 35.5. The molecule has 1 saturated heterocycles. The van der Waals surface area contributed by atoms with Gasteiger partial charge < -0.3 is 4.74 Å². The van der Waals surface area contributed by atoms with Crippen molar-refractivity contribution in [3.05, 3.63) is 117 Å². The fraction of sp³-hybridized carbons (Fsp3) is 0.0357. The lowest BCUT2D eigenvalue weighted by atomic mass is 10.0. The Balaban J connectivity index is 1.41. The molecule has 0 aliphatic carbocycles. The average molecular weight is 534 g/mol. The van der Waals surface area contributed by atoms with Gasteiger partial charge in [-0.2, -0.15) is 0 Å². The molecule has 0 atom stereocenters. The van der Waals surface area contributed by atoms with Gasteiger partial charge in [0.25, 0.3) is 11.1 Å². The van der Waals surface area contributed by atoms with E-state index in [2.05, 4.69) is 0 Å². The minimum Gasteiger partial charge on any atom is -0.422 e. The van der Waals surface area contributed by atoms with Crippen LogP contribution in [0.2, 0.25) is 10.0 Å². The zero-order valence-corrected chi connectivity index (χ0v) is 20.9. The Morgan fingerprint density at radius 1 is 0.861 bits per heavy atom. The fourth-order valence-corrected chi connectivity index (χ4v) is 5.22. The normalized spacial score (nSPS) is 14.6. The van der Waals surface area contributed by atoms with Crippen molar-refractivity contribution in [1.82, 2.24) is 4.90 Å². The van der Waals surface area contributed by atoms with Crippen molar-refractivity contribution in [2.45, 2.75) is 6.54 Å². The van der Waals surface area contributed by atoms with E-state index in [4.69, 9.17) is 27.9 Å². The molecule has 0 spiro atoms. The quantitative estimate of drug-likeness (QED) is 0.150. The smallest absolute Gasteiger partial charge is 0.344 e. The molecule has 8 heteroatoms. The third-order valence-corrected chi connectivity index (χ3v) is 7.28. The van der Waals surface area contributed by atoms with Crippen LogP contribution >= 0.6 is 35.0 Å². The third-order valence-electron chi connectivity index (χ3n) is 5.67. The van der Waals surface area contributed by atoms with E-state index in [1.807, 2.05) is 30.3 Å². The fourth-order valence-electron chi connectivity index (χ4n) is 3.87. The second-order valence-corrected chi connectivity index (χ2v) is 9.73. The Morgan fingerprint density at radius 2 is 1.53 bits per heavy atom. The number of hydrogen-bond donors (Lipinski definition) is 0. The first-order valence-electron chi connectivity index (χ1n) is 10.9. The number of esters is 1. The molecular weight excluding hydrogens is 517 g/mol. The highest BCUT2D eigenvalue weighted by Gasteiger charge is 2.36. The van der Waals surface area contributed by atoms with Crippen LogP contribution in [0.4, 0.5) is 4.79 Å². The molecule has 0 radical (unpaired) electrons. The Morgan fingerprint density at radius 3 is 2.33 bits per heavy atom. The molecule has 1 heterocycles. The van der Waals surface area contributed by atoms with Crippen molar-refractivity contribution >= 4 is 68.9 Å². The standard InChI is InChI=1S/C28H17Cl2NO4S/c29-22-12-6-13-23(30)21(22)16-31-26(32)25(36-28(31)34)15-18-8-2-4-14-24(18)35-27(33)20-11-5-9-17-7-1-3-10-19(17)20/h1-15H,16H2/b25-15-. The number of hydrogen-bond acceptors (Lipinski definition) is 5. The van der Waals surface area contributed by atoms with Crippen molar-refractivity contribution in [3.63, 3.8) is 0 Å². The second-order valence-electron chi connectivity index (χ2n) is 7.92. The predicted molar refractivity (Wildman–Crippen MR) is 143 cm³/mol. The average Bonchev–Trinajstić information content (AvgIpc) is 3.14. The van der Waals surface area contributed by atoms with Crippen LogP contribution < -0.4 is 4.74 Å². The van der Waals surface area contributed by atoms with Crippen LogP contribution in [-0.2, 0) is 11.3 Å². The van der Waals surface area contributed by atoms with Gasteiger partial charge in [-0.15, -0.1) is 0 Å². The molecule has 2 amide bonds. The van der Waals surface area contributed by atoms with Crippen molar-refractivity contribution in [3.8, 4) is 5.75 Å². The Kier molecular flexibility index (Phi) is 6.83. The topological polar surface area (TPSA) is 63.7 Å². The first-order chi connectivity index (χ1) is 17.4. The molecule has 5 rings (SSSR count). The van der Waals surface area contributed by atoms with Crippen LogP contribution in [-0.4, -0.2) is 22.0 Å². The van der Waals surface area contributed by atoms with Crippen LogP contribution in [0.15, 0.2) is 89.8 Å². The van der Waals surface area contributed by atoms with Gasteiger partial charge in [0.05, 0.1) is 17.0 Å². The molecule has 0 aromatic heterocycles. The molecule has 0 N–H and O–H groups in total. The predicted octanol–water partition coefficient (Wildman–Crippen LogP) is 7.60. The number of benzene rings is 4. The van der Waals surface area contributed by atoms with E-state index in [0.29, 0.717) is 26.7 Å². The van der Waals surface area contributed by atoms with Gasteiger partial charge in [0.15, 0.2) is 0 Å². The summed E-state index contributed by atoms with van der Waals surface area (Å²) in [5.41, 5.74) is 1.42. The number of thioether (sulfide) groups is 1. The Hall–Kier alpha value is -3.58. The number of carbonyl (C=O) groups excluding carboxylic acids is 3. The maximum Gasteiger partial charge on any atom is 0.344 e. The third kappa shape index (κ3) is 4.75. The first-order valence-corrected chi connectivity index (χ1v) is 12.5. The van der Waals surface area contributed by atoms with Crippen LogP contribution in [0.5, 0.6) is 5.75 Å². The molecule has 1 aliphatic heterocycles. The van der Waals surface area contributed by atoms with Gasteiger partial charge in [-0.25, -0.2) is 4.79 Å². The molecular formula is C28H17Cl2NO4S. The van der Waals surface area contributed by atoms with Crippen LogP contribution in [0.3, 0.4) is 0 Å². The van der Waals surface area contributed by atoms with E-state index in [0.717, 1.165) is 27.4 Å². The van der Waals surface area contributed by atoms with Gasteiger partial charge in [-0.05, 0) is 52.9 Å². The zero-order chi connectivity index (χ0) is 25.2. The summed E-state index contributed by atoms with van der Waals surface area (Å²) in [7, 11) is 0. The number of amides is 2. The maximum absolute atomic E-state index is 13.1. The second kappa shape index (κ2) is 10.2. The van der Waals surface area contributed by atoms with Gasteiger partial charge in [0.2, 0.25) is 0 Å². The number of carbonyl (C=O) groups is 3. The highest BCUT2D eigenvalue weighted by molar-refractivity contribution is 8.18. The molecule has 5 nitrogen and oxygen atoms in total. The summed E-state index contributed by atoms with van der Waals surface area (Å²) in [6.07, 6.45) is 1.55. The van der Waals surface area contributed by atoms with Gasteiger partial charge in [0, 0.05) is 21.2 Å². The zero-order valence-electron chi connectivity index (χ0n) is 18.6. The van der Waals surface area contributed by atoms with Crippen LogP contribution in [0, 0.1) is 0 Å². The van der Waals surface area contributed by atoms with E-state index in [-0.39, 0.29) is 17.2 Å². The molecule has 4 aromatic carbocycles. The summed E-state index contributed by atoms with van der Waals surface area (Å²) in [6.45, 7) is -0.0434. The summed E-state index contributed by atoms with van der Waals surface area (Å²) in [4.78, 5) is 40.1. The lowest BCUT2D eigenvalue weighted by molar-refractivity contribution is -0.123. The van der Waals surface area contributed by atoms with E-state index < -0.39 is 17.1 Å². The number of imide groups is 1. The van der Waals surface area contributed by atoms with Gasteiger partial charge in [0.1, 0.15) is 5.75 Å². The van der Waals surface area contributed by atoms with Crippen LogP contribution in [0.1, 0.15) is 21.5 Å². The monoisotopic (exact) mass is 533 g/mol. The summed E-state index contributed by atoms with van der Waals surface area (Å²) in [5, 5.41) is 2.01. The van der Waals surface area contributed by atoms with Crippen LogP contribution in [0.25, 0.3) is 16.8 Å². The summed E-state index contributed by atoms with van der Waals surface area (Å²) >= 11 is 13.2. The SMILES string of the molecule is O=C(Oc1ccccc1/C=C1\SC(=O)N(Cc2c(Cl)cccc2Cl)C1=O)c1cccc2ccccc12. The summed E-state index contributed by atoms with van der Waals surface area (Å²) in [5.74, 6) is -0.721. The first kappa shape index (κ1) is 24.1. The molecule has 4 aromatic rings. The minimum absolute atomic E-state index is 0.0434. The highest BCUT2D eigenvalue weighted by Crippen LogP contribution is 2.37. The molecule has 1 fully saturated rings. The molecule has 0 saturated carbocycles. The van der Waals surface area contributed by atoms with Crippen molar-refractivity contribution in [2.75, 3.05) is 0 Å². The van der Waals surface area contributed by atoms with Gasteiger partial charge in [-0.1, -0.05) is 83.9 Å². The number of ether oxygens (including phenoxy) is 1. The number of nitrogens with zero attached hydrogens (tertiary/aromatic N) is 1. The lowest BCUT2D eigenvalue weighted by Gasteiger charge is -2.14. The summed E-state index contributed by atoms with van der Waals surface area (Å²) < 4.78 is 5.73. The number of fused-ring (bicyclic) bond motifs is 1. The van der Waals surface area contributed by atoms with Gasteiger partial charge >= 0.3 is 5.97 Å². The van der Waals surface area contributed by atoms with E-state index >= 15 is 0 Å². The van der Waals surface area contributed by atoms with Gasteiger partial charge in [-0.3, -0.25) is 14.5 Å². The van der Waals surface area contributed by atoms with E-state index in [1.165, 1.54) is 0 Å². The summed E-state index contributed by atoms with van der Waals surface area (Å²) in [6, 6.07) is 24.8. The minimum atomic E-state index is -0.519. The van der Waals surface area contributed by atoms with Crippen molar-refractivity contribution in [2.24, 2.45) is 0 Å². The van der Waals surface area contributed by atoms with E-state index in [9.17, 15) is 14.4 Å². The number of para-hydroxylation sites is 1.